The zero-order valence-corrected chi connectivity index (χ0v) is 7.94. The van der Waals surface area contributed by atoms with Gasteiger partial charge in [0.1, 0.15) is 6.10 Å². The van der Waals surface area contributed by atoms with Crippen molar-refractivity contribution in [1.82, 2.24) is 0 Å². The van der Waals surface area contributed by atoms with Crippen LogP contribution >= 0.6 is 11.8 Å². The molecule has 2 fully saturated rings. The van der Waals surface area contributed by atoms with Gasteiger partial charge in [0, 0.05) is 11.0 Å². The summed E-state index contributed by atoms with van der Waals surface area (Å²) >= 11 is 1.93. The minimum atomic E-state index is 0.0110. The first-order valence-corrected chi connectivity index (χ1v) is 5.72. The number of carbonyl (C=O) groups is 1. The molecule has 0 amide bonds. The number of fused-ring (bicyclic) bond motifs is 1. The van der Waals surface area contributed by atoms with Gasteiger partial charge in [0.25, 0.3) is 0 Å². The van der Waals surface area contributed by atoms with E-state index in [1.807, 2.05) is 11.8 Å². The average Bonchev–Trinajstić information content (AvgIpc) is 2.25. The van der Waals surface area contributed by atoms with Crippen molar-refractivity contribution in [3.63, 3.8) is 0 Å². The van der Waals surface area contributed by atoms with E-state index in [1.54, 1.807) is 0 Å². The van der Waals surface area contributed by atoms with E-state index in [0.717, 1.165) is 12.2 Å². The van der Waals surface area contributed by atoms with Crippen LogP contribution in [0.2, 0.25) is 0 Å². The van der Waals surface area contributed by atoms with Crippen LogP contribution in [-0.4, -0.2) is 23.1 Å². The monoisotopic (exact) mass is 186 g/mol. The van der Waals surface area contributed by atoms with Gasteiger partial charge in [-0.05, 0) is 19.3 Å². The first-order chi connectivity index (χ1) is 5.86. The van der Waals surface area contributed by atoms with Gasteiger partial charge in [0.2, 0.25) is 0 Å². The number of rotatable bonds is 0. The topological polar surface area (TPSA) is 26.3 Å². The molecule has 2 nitrogen and oxygen atoms in total. The summed E-state index contributed by atoms with van der Waals surface area (Å²) < 4.78 is 5.36. The Morgan fingerprint density at radius 2 is 2.17 bits per heavy atom. The maximum absolute atomic E-state index is 11.1. The second-order valence-corrected chi connectivity index (χ2v) is 4.82. The zero-order valence-electron chi connectivity index (χ0n) is 7.12. The SMILES string of the molecule is O=C1CCS[C@H]2CCCC[C@@H]2O1. The minimum absolute atomic E-state index is 0.0110. The van der Waals surface area contributed by atoms with E-state index in [2.05, 4.69) is 0 Å². The van der Waals surface area contributed by atoms with Crippen molar-refractivity contribution in [1.29, 1.82) is 0 Å². The van der Waals surface area contributed by atoms with E-state index in [1.165, 1.54) is 19.3 Å². The Morgan fingerprint density at radius 1 is 1.33 bits per heavy atom. The fourth-order valence-electron chi connectivity index (χ4n) is 1.91. The molecule has 2 rings (SSSR count). The Bertz CT molecular complexity index is 181. The first kappa shape index (κ1) is 8.42. The Balaban J connectivity index is 2.01. The van der Waals surface area contributed by atoms with Crippen LogP contribution in [0.5, 0.6) is 0 Å². The number of esters is 1. The third-order valence-electron chi connectivity index (χ3n) is 2.56. The van der Waals surface area contributed by atoms with E-state index in [-0.39, 0.29) is 12.1 Å². The molecular formula is C9H14O2S. The number of ether oxygens (including phenoxy) is 1. The van der Waals surface area contributed by atoms with Crippen LogP contribution in [0.3, 0.4) is 0 Å². The van der Waals surface area contributed by atoms with Gasteiger partial charge < -0.3 is 4.74 Å². The Hall–Kier alpha value is -0.180. The smallest absolute Gasteiger partial charge is 0.306 e. The Kier molecular flexibility index (Phi) is 2.59. The van der Waals surface area contributed by atoms with E-state index in [4.69, 9.17) is 4.74 Å². The third-order valence-corrected chi connectivity index (χ3v) is 3.97. The molecule has 0 N–H and O–H groups in total. The van der Waals surface area contributed by atoms with Gasteiger partial charge in [-0.1, -0.05) is 6.42 Å². The van der Waals surface area contributed by atoms with Gasteiger partial charge in [-0.3, -0.25) is 4.79 Å². The van der Waals surface area contributed by atoms with E-state index >= 15 is 0 Å². The second-order valence-electron chi connectivity index (χ2n) is 3.47. The van der Waals surface area contributed by atoms with Crippen LogP contribution in [0.1, 0.15) is 32.1 Å². The molecule has 3 heteroatoms. The molecule has 0 bridgehead atoms. The lowest BCUT2D eigenvalue weighted by atomic mass is 9.97. The molecule has 1 aliphatic carbocycles. The van der Waals surface area contributed by atoms with Crippen LogP contribution in [-0.2, 0) is 9.53 Å². The molecule has 2 aliphatic rings. The third kappa shape index (κ3) is 1.76. The number of hydrogen-bond acceptors (Lipinski definition) is 3. The normalized spacial score (nSPS) is 36.5. The van der Waals surface area contributed by atoms with Crippen LogP contribution in [0, 0.1) is 0 Å². The highest BCUT2D eigenvalue weighted by molar-refractivity contribution is 8.00. The summed E-state index contributed by atoms with van der Waals surface area (Å²) in [6.07, 6.45) is 5.71. The van der Waals surface area contributed by atoms with Gasteiger partial charge in [-0.15, -0.1) is 0 Å². The minimum Gasteiger partial charge on any atom is -0.461 e. The molecule has 1 aliphatic heterocycles. The van der Waals surface area contributed by atoms with Crippen molar-refractivity contribution in [2.24, 2.45) is 0 Å². The van der Waals surface area contributed by atoms with Gasteiger partial charge in [0.05, 0.1) is 6.42 Å². The van der Waals surface area contributed by atoms with Crippen LogP contribution in [0.4, 0.5) is 0 Å². The highest BCUT2D eigenvalue weighted by Crippen LogP contribution is 2.33. The van der Waals surface area contributed by atoms with Gasteiger partial charge >= 0.3 is 5.97 Å². The molecule has 0 unspecified atom stereocenters. The highest BCUT2D eigenvalue weighted by Gasteiger charge is 2.30. The first-order valence-electron chi connectivity index (χ1n) is 4.67. The Morgan fingerprint density at radius 3 is 3.08 bits per heavy atom. The fourth-order valence-corrected chi connectivity index (χ4v) is 3.24. The predicted octanol–water partition coefficient (Wildman–Crippen LogP) is 1.98. The number of thioether (sulfide) groups is 1. The maximum Gasteiger partial charge on any atom is 0.306 e. The molecule has 68 valence electrons. The van der Waals surface area contributed by atoms with Crippen LogP contribution < -0.4 is 0 Å². The van der Waals surface area contributed by atoms with Crippen molar-refractivity contribution in [2.75, 3.05) is 5.75 Å². The largest absolute Gasteiger partial charge is 0.461 e. The second kappa shape index (κ2) is 3.69. The molecule has 0 radical (unpaired) electrons. The quantitative estimate of drug-likeness (QED) is 0.541. The summed E-state index contributed by atoms with van der Waals surface area (Å²) in [5, 5.41) is 0.602. The molecule has 1 saturated heterocycles. The van der Waals surface area contributed by atoms with Crippen molar-refractivity contribution in [3.8, 4) is 0 Å². The van der Waals surface area contributed by atoms with Crippen LogP contribution in [0.15, 0.2) is 0 Å². The fraction of sp³-hybridized carbons (Fsp3) is 0.889. The van der Waals surface area contributed by atoms with Gasteiger partial charge in [-0.2, -0.15) is 11.8 Å². The highest BCUT2D eigenvalue weighted by atomic mass is 32.2. The standard InChI is InChI=1S/C9H14O2S/c10-9-5-6-12-8-4-2-1-3-7(8)11-9/h7-8H,1-6H2/t7-,8-/m0/s1. The van der Waals surface area contributed by atoms with Gasteiger partial charge in [-0.25, -0.2) is 0 Å². The van der Waals surface area contributed by atoms with Crippen molar-refractivity contribution >= 4 is 17.7 Å². The average molecular weight is 186 g/mol. The van der Waals surface area contributed by atoms with Crippen LogP contribution in [0.25, 0.3) is 0 Å². The molecule has 12 heavy (non-hydrogen) atoms. The summed E-state index contributed by atoms with van der Waals surface area (Å²) in [7, 11) is 0. The molecule has 2 atom stereocenters. The van der Waals surface area contributed by atoms with Crippen molar-refractivity contribution < 1.29 is 9.53 Å². The van der Waals surface area contributed by atoms with Crippen molar-refractivity contribution in [2.45, 2.75) is 43.5 Å². The lowest BCUT2D eigenvalue weighted by Gasteiger charge is -2.28. The molecule has 0 aromatic rings. The predicted molar refractivity (Wildman–Crippen MR) is 49.2 cm³/mol. The lowest BCUT2D eigenvalue weighted by Crippen LogP contribution is -2.30. The summed E-state index contributed by atoms with van der Waals surface area (Å²) in [6.45, 7) is 0. The maximum atomic E-state index is 11.1. The molecule has 0 aromatic carbocycles. The Labute approximate surface area is 77.0 Å². The molecule has 0 spiro atoms. The summed E-state index contributed by atoms with van der Waals surface area (Å²) in [6, 6.07) is 0. The van der Waals surface area contributed by atoms with E-state index in [0.29, 0.717) is 11.7 Å². The number of carbonyl (C=O) groups excluding carboxylic acids is 1. The molecule has 1 heterocycles. The lowest BCUT2D eigenvalue weighted by molar-refractivity contribution is -0.149. The van der Waals surface area contributed by atoms with Gasteiger partial charge in [0.15, 0.2) is 0 Å². The molecule has 1 saturated carbocycles. The summed E-state index contributed by atoms with van der Waals surface area (Å²) in [5.41, 5.74) is 0. The number of hydrogen-bond donors (Lipinski definition) is 0. The van der Waals surface area contributed by atoms with E-state index in [9.17, 15) is 4.79 Å². The zero-order chi connectivity index (χ0) is 8.39. The van der Waals surface area contributed by atoms with Crippen molar-refractivity contribution in [3.05, 3.63) is 0 Å². The summed E-state index contributed by atoms with van der Waals surface area (Å²) in [4.78, 5) is 11.1. The summed E-state index contributed by atoms with van der Waals surface area (Å²) in [5.74, 6) is 0.969. The molecule has 0 aromatic heterocycles. The van der Waals surface area contributed by atoms with E-state index < -0.39 is 0 Å². The molecular weight excluding hydrogens is 172 g/mol.